The molecular weight excluding hydrogens is 422 g/mol. The van der Waals surface area contributed by atoms with Gasteiger partial charge in [-0.25, -0.2) is 4.79 Å². The Morgan fingerprint density at radius 1 is 0.938 bits per heavy atom. The Hall–Kier alpha value is -2.24. The van der Waals surface area contributed by atoms with Gasteiger partial charge in [0.2, 0.25) is 0 Å². The third-order valence-corrected chi connectivity index (χ3v) is 7.84. The molecule has 3 atom stereocenters. The van der Waals surface area contributed by atoms with Gasteiger partial charge in [0.15, 0.2) is 0 Å². The molecule has 5 rings (SSSR count). The normalized spacial score (nSPS) is 26.2. The van der Waals surface area contributed by atoms with Crippen molar-refractivity contribution < 1.29 is 9.53 Å². The van der Waals surface area contributed by atoms with Gasteiger partial charge in [-0.3, -0.25) is 0 Å². The van der Waals surface area contributed by atoms with Crippen molar-refractivity contribution in [2.24, 2.45) is 0 Å². The number of ether oxygens (including phenoxy) is 1. The van der Waals surface area contributed by atoms with Crippen molar-refractivity contribution >= 4 is 23.3 Å². The zero-order valence-corrected chi connectivity index (χ0v) is 19.4. The number of fused-ring (bicyclic) bond motifs is 2. The van der Waals surface area contributed by atoms with E-state index in [1.165, 1.54) is 18.4 Å². The van der Waals surface area contributed by atoms with E-state index in [0.29, 0.717) is 24.1 Å². The van der Waals surface area contributed by atoms with Crippen molar-refractivity contribution in [3.63, 3.8) is 0 Å². The van der Waals surface area contributed by atoms with Crippen LogP contribution < -0.4 is 10.1 Å². The molecule has 0 spiro atoms. The molecule has 2 aromatic rings. The van der Waals surface area contributed by atoms with Crippen LogP contribution in [0, 0.1) is 0 Å². The fourth-order valence-corrected chi connectivity index (χ4v) is 5.75. The molecular formula is C26H32ClN3O2. The van der Waals surface area contributed by atoms with Gasteiger partial charge in [-0.15, -0.1) is 0 Å². The van der Waals surface area contributed by atoms with Gasteiger partial charge in [0.25, 0.3) is 0 Å². The summed E-state index contributed by atoms with van der Waals surface area (Å²) in [5, 5.41) is 3.81. The van der Waals surface area contributed by atoms with Gasteiger partial charge in [-0.2, -0.15) is 0 Å². The highest BCUT2D eigenvalue weighted by molar-refractivity contribution is 6.30. The highest BCUT2D eigenvalue weighted by Gasteiger charge is 2.39. The first-order valence-electron chi connectivity index (χ1n) is 11.9. The number of benzene rings is 2. The molecule has 2 bridgehead atoms. The first-order chi connectivity index (χ1) is 15.5. The number of piperidine rings is 2. The number of carbonyl (C=O) groups is 1. The Morgan fingerprint density at radius 2 is 1.56 bits per heavy atom. The minimum absolute atomic E-state index is 0.0277. The molecule has 3 heterocycles. The minimum Gasteiger partial charge on any atom is -0.490 e. The van der Waals surface area contributed by atoms with Crippen molar-refractivity contribution in [1.29, 1.82) is 0 Å². The van der Waals surface area contributed by atoms with Gasteiger partial charge in [-0.1, -0.05) is 23.7 Å². The van der Waals surface area contributed by atoms with Crippen molar-refractivity contribution in [3.8, 4) is 5.75 Å². The molecule has 6 heteroatoms. The van der Waals surface area contributed by atoms with Crippen LogP contribution in [-0.2, 0) is 0 Å². The van der Waals surface area contributed by atoms with E-state index in [0.717, 1.165) is 55.2 Å². The third-order valence-electron chi connectivity index (χ3n) is 7.59. The molecule has 0 radical (unpaired) electrons. The van der Waals surface area contributed by atoms with E-state index in [9.17, 15) is 4.79 Å². The number of carbonyl (C=O) groups excluding carboxylic acids is 1. The topological polar surface area (TPSA) is 44.8 Å². The maximum absolute atomic E-state index is 12.7. The molecule has 3 saturated heterocycles. The zero-order valence-electron chi connectivity index (χ0n) is 18.7. The van der Waals surface area contributed by atoms with Crippen LogP contribution in [0.2, 0.25) is 5.02 Å². The van der Waals surface area contributed by atoms with Gasteiger partial charge in [-0.05, 0) is 93.5 Å². The lowest BCUT2D eigenvalue weighted by molar-refractivity contribution is 0.0662. The number of anilines is 1. The molecule has 3 fully saturated rings. The monoisotopic (exact) mass is 453 g/mol. The van der Waals surface area contributed by atoms with Crippen LogP contribution >= 0.6 is 11.6 Å². The minimum atomic E-state index is -0.0277. The Bertz CT molecular complexity index is 911. The smallest absolute Gasteiger partial charge is 0.321 e. The molecule has 3 aliphatic heterocycles. The molecule has 2 amide bonds. The predicted molar refractivity (Wildman–Crippen MR) is 129 cm³/mol. The first-order valence-corrected chi connectivity index (χ1v) is 12.2. The van der Waals surface area contributed by atoms with Gasteiger partial charge in [0, 0.05) is 35.9 Å². The van der Waals surface area contributed by atoms with Gasteiger partial charge in [0.1, 0.15) is 11.9 Å². The lowest BCUT2D eigenvalue weighted by Gasteiger charge is -2.36. The highest BCUT2D eigenvalue weighted by atomic mass is 35.5. The summed E-state index contributed by atoms with van der Waals surface area (Å²) in [7, 11) is 2.25. The molecule has 0 aliphatic carbocycles. The number of urea groups is 1. The van der Waals surface area contributed by atoms with E-state index in [4.69, 9.17) is 16.3 Å². The Morgan fingerprint density at radius 3 is 2.19 bits per heavy atom. The molecule has 3 aliphatic rings. The zero-order chi connectivity index (χ0) is 22.1. The summed E-state index contributed by atoms with van der Waals surface area (Å²) in [6.45, 7) is 1.53. The van der Waals surface area contributed by atoms with E-state index < -0.39 is 0 Å². The molecule has 32 heavy (non-hydrogen) atoms. The lowest BCUT2D eigenvalue weighted by Crippen LogP contribution is -2.43. The number of likely N-dealkylation sites (tertiary alicyclic amines) is 1. The number of rotatable bonds is 4. The number of halogens is 1. The average molecular weight is 454 g/mol. The number of nitrogens with one attached hydrogen (secondary N) is 1. The quantitative estimate of drug-likeness (QED) is 0.640. The van der Waals surface area contributed by atoms with Crippen LogP contribution in [0.15, 0.2) is 48.5 Å². The fraction of sp³-hybridized carbons (Fsp3) is 0.500. The van der Waals surface area contributed by atoms with Crippen LogP contribution in [-0.4, -0.2) is 54.2 Å². The third kappa shape index (κ3) is 4.74. The van der Waals surface area contributed by atoms with Crippen molar-refractivity contribution in [2.45, 2.75) is 62.6 Å². The molecule has 2 aromatic carbocycles. The van der Waals surface area contributed by atoms with Crippen molar-refractivity contribution in [1.82, 2.24) is 9.80 Å². The Kier molecular flexibility index (Phi) is 6.29. The maximum Gasteiger partial charge on any atom is 0.321 e. The number of amides is 2. The molecule has 5 nitrogen and oxygen atoms in total. The van der Waals surface area contributed by atoms with E-state index in [2.05, 4.69) is 29.4 Å². The van der Waals surface area contributed by atoms with Crippen LogP contribution in [0.3, 0.4) is 0 Å². The van der Waals surface area contributed by atoms with Gasteiger partial charge < -0.3 is 19.9 Å². The maximum atomic E-state index is 12.7. The van der Waals surface area contributed by atoms with Crippen molar-refractivity contribution in [2.75, 3.05) is 25.5 Å². The fourth-order valence-electron chi connectivity index (χ4n) is 5.62. The first kappa shape index (κ1) is 21.6. The number of nitrogens with zero attached hydrogens (tertiary/aromatic N) is 2. The second-order valence-corrected chi connectivity index (χ2v) is 9.97. The molecule has 1 unspecified atom stereocenters. The summed E-state index contributed by atoms with van der Waals surface area (Å²) in [5.74, 6) is 1.38. The number of hydrogen-bond donors (Lipinski definition) is 1. The summed E-state index contributed by atoms with van der Waals surface area (Å²) < 4.78 is 6.26. The standard InChI is InChI=1S/C26H32ClN3O2/c1-29-22-8-9-23(29)17-25(16-22)32-24-10-6-21(7-11-24)28-26(31)30-14-12-19(13-15-30)18-2-4-20(27)5-3-18/h2-7,10-11,19,22-23,25H,8-9,12-17H2,1H3,(H,28,31)/t22-,23+,25?. The van der Waals surface area contributed by atoms with Gasteiger partial charge in [0.05, 0.1) is 0 Å². The predicted octanol–water partition coefficient (Wildman–Crippen LogP) is 5.76. The van der Waals surface area contributed by atoms with Gasteiger partial charge >= 0.3 is 6.03 Å². The molecule has 0 aromatic heterocycles. The largest absolute Gasteiger partial charge is 0.490 e. The second kappa shape index (κ2) is 9.32. The summed E-state index contributed by atoms with van der Waals surface area (Å²) in [5.41, 5.74) is 2.12. The van der Waals surface area contributed by atoms with E-state index in [1.54, 1.807) is 0 Å². The summed E-state index contributed by atoms with van der Waals surface area (Å²) in [6.07, 6.45) is 7.05. The summed E-state index contributed by atoms with van der Waals surface area (Å²) >= 11 is 6.00. The summed E-state index contributed by atoms with van der Waals surface area (Å²) in [4.78, 5) is 17.2. The van der Waals surface area contributed by atoms with Crippen LogP contribution in [0.5, 0.6) is 5.75 Å². The van der Waals surface area contributed by atoms with E-state index >= 15 is 0 Å². The Labute approximate surface area is 195 Å². The molecule has 1 N–H and O–H groups in total. The average Bonchev–Trinajstić information content (AvgIpc) is 3.01. The molecule has 0 saturated carbocycles. The van der Waals surface area contributed by atoms with E-state index in [-0.39, 0.29) is 6.03 Å². The Balaban J connectivity index is 1.10. The van der Waals surface area contributed by atoms with Crippen LogP contribution in [0.4, 0.5) is 10.5 Å². The van der Waals surface area contributed by atoms with Crippen LogP contribution in [0.1, 0.15) is 50.0 Å². The van der Waals surface area contributed by atoms with E-state index in [1.807, 2.05) is 41.3 Å². The SMILES string of the molecule is CN1[C@@H]2CC[C@H]1CC(Oc1ccc(NC(=O)N3CCC(c4ccc(Cl)cc4)CC3)cc1)C2. The summed E-state index contributed by atoms with van der Waals surface area (Å²) in [6, 6.07) is 17.2. The second-order valence-electron chi connectivity index (χ2n) is 9.53. The number of hydrogen-bond acceptors (Lipinski definition) is 3. The van der Waals surface area contributed by atoms with Crippen molar-refractivity contribution in [3.05, 3.63) is 59.1 Å². The highest BCUT2D eigenvalue weighted by Crippen LogP contribution is 2.36. The van der Waals surface area contributed by atoms with Crippen LogP contribution in [0.25, 0.3) is 0 Å². The lowest BCUT2D eigenvalue weighted by atomic mass is 9.89. The molecule has 170 valence electrons.